The summed E-state index contributed by atoms with van der Waals surface area (Å²) in [6, 6.07) is 7.73. The second kappa shape index (κ2) is 5.55. The first-order valence-corrected chi connectivity index (χ1v) is 7.11. The second-order valence-electron chi connectivity index (χ2n) is 5.26. The summed E-state index contributed by atoms with van der Waals surface area (Å²) in [6.45, 7) is 4.95. The number of pyridine rings is 1. The molecule has 1 fully saturated rings. The molecule has 1 aliphatic rings. The molecule has 1 amide bonds. The largest absolute Gasteiger partial charge is 0.353 e. The van der Waals surface area contributed by atoms with E-state index in [0.29, 0.717) is 18.8 Å². The van der Waals surface area contributed by atoms with Gasteiger partial charge in [-0.2, -0.15) is 5.10 Å². The summed E-state index contributed by atoms with van der Waals surface area (Å²) in [5.74, 6) is 0.984. The molecule has 2 aromatic rings. The Morgan fingerprint density at radius 3 is 2.52 bits per heavy atom. The zero-order chi connectivity index (χ0) is 14.8. The molecule has 0 N–H and O–H groups in total. The molecule has 0 aliphatic carbocycles. The van der Waals surface area contributed by atoms with Gasteiger partial charge in [0, 0.05) is 45.1 Å². The van der Waals surface area contributed by atoms with Crippen molar-refractivity contribution in [2.75, 3.05) is 31.1 Å². The van der Waals surface area contributed by atoms with E-state index in [1.165, 1.54) is 0 Å². The molecule has 0 saturated carbocycles. The molecule has 0 bridgehead atoms. The number of amides is 1. The second-order valence-corrected chi connectivity index (χ2v) is 5.26. The van der Waals surface area contributed by atoms with Crippen LogP contribution >= 0.6 is 0 Å². The van der Waals surface area contributed by atoms with Crippen molar-refractivity contribution in [2.45, 2.75) is 6.92 Å². The van der Waals surface area contributed by atoms with E-state index in [-0.39, 0.29) is 5.91 Å². The van der Waals surface area contributed by atoms with Gasteiger partial charge in [-0.15, -0.1) is 0 Å². The lowest BCUT2D eigenvalue weighted by Gasteiger charge is -2.35. The SMILES string of the molecule is Cc1cc(C(=O)N2CCN(c3ccccn3)CC2)nn1C. The van der Waals surface area contributed by atoms with E-state index >= 15 is 0 Å². The van der Waals surface area contributed by atoms with Gasteiger partial charge in [0.1, 0.15) is 5.82 Å². The van der Waals surface area contributed by atoms with Gasteiger partial charge in [-0.25, -0.2) is 4.98 Å². The smallest absolute Gasteiger partial charge is 0.274 e. The minimum atomic E-state index is 0.0133. The van der Waals surface area contributed by atoms with E-state index < -0.39 is 0 Å². The average Bonchev–Trinajstić information content (AvgIpc) is 2.87. The van der Waals surface area contributed by atoms with E-state index in [0.717, 1.165) is 24.6 Å². The summed E-state index contributed by atoms with van der Waals surface area (Å²) >= 11 is 0. The van der Waals surface area contributed by atoms with Crippen molar-refractivity contribution in [1.29, 1.82) is 0 Å². The Kier molecular flexibility index (Phi) is 3.60. The molecular weight excluding hydrogens is 266 g/mol. The molecule has 0 atom stereocenters. The van der Waals surface area contributed by atoms with Crippen molar-refractivity contribution >= 4 is 11.7 Å². The van der Waals surface area contributed by atoms with Gasteiger partial charge in [0.05, 0.1) is 0 Å². The summed E-state index contributed by atoms with van der Waals surface area (Å²) < 4.78 is 1.73. The molecule has 0 aromatic carbocycles. The third-order valence-corrected chi connectivity index (χ3v) is 3.87. The molecule has 1 aliphatic heterocycles. The van der Waals surface area contributed by atoms with E-state index in [4.69, 9.17) is 0 Å². The van der Waals surface area contributed by atoms with Gasteiger partial charge in [0.15, 0.2) is 5.69 Å². The predicted octanol–water partition coefficient (Wildman–Crippen LogP) is 1.09. The Morgan fingerprint density at radius 2 is 1.95 bits per heavy atom. The Hall–Kier alpha value is -2.37. The number of rotatable bonds is 2. The molecule has 0 unspecified atom stereocenters. The highest BCUT2D eigenvalue weighted by Gasteiger charge is 2.24. The number of hydrogen-bond acceptors (Lipinski definition) is 4. The van der Waals surface area contributed by atoms with Crippen LogP contribution in [0.15, 0.2) is 30.5 Å². The average molecular weight is 285 g/mol. The third-order valence-electron chi connectivity index (χ3n) is 3.87. The molecule has 3 rings (SSSR count). The highest BCUT2D eigenvalue weighted by atomic mass is 16.2. The normalized spacial score (nSPS) is 15.3. The Balaban J connectivity index is 1.64. The van der Waals surface area contributed by atoms with Crippen molar-refractivity contribution in [2.24, 2.45) is 7.05 Å². The molecule has 21 heavy (non-hydrogen) atoms. The summed E-state index contributed by atoms with van der Waals surface area (Å²) in [4.78, 5) is 20.8. The number of aryl methyl sites for hydroxylation is 2. The van der Waals surface area contributed by atoms with Crippen molar-refractivity contribution in [3.8, 4) is 0 Å². The molecule has 3 heterocycles. The van der Waals surface area contributed by atoms with Gasteiger partial charge in [-0.1, -0.05) is 6.07 Å². The quantitative estimate of drug-likeness (QED) is 0.829. The molecule has 6 heteroatoms. The first kappa shape index (κ1) is 13.6. The number of carbonyl (C=O) groups excluding carboxylic acids is 1. The summed E-state index contributed by atoms with van der Waals surface area (Å²) in [7, 11) is 1.85. The van der Waals surface area contributed by atoms with Gasteiger partial charge in [0.2, 0.25) is 0 Å². The van der Waals surface area contributed by atoms with Crippen molar-refractivity contribution in [3.63, 3.8) is 0 Å². The first-order chi connectivity index (χ1) is 10.1. The van der Waals surface area contributed by atoms with Gasteiger partial charge < -0.3 is 9.80 Å². The lowest BCUT2D eigenvalue weighted by atomic mass is 10.2. The summed E-state index contributed by atoms with van der Waals surface area (Å²) in [6.07, 6.45) is 1.80. The number of carbonyl (C=O) groups is 1. The van der Waals surface area contributed by atoms with Gasteiger partial charge in [0.25, 0.3) is 5.91 Å². The molecule has 0 radical (unpaired) electrons. The minimum Gasteiger partial charge on any atom is -0.353 e. The molecule has 1 saturated heterocycles. The molecule has 110 valence electrons. The number of nitrogens with zero attached hydrogens (tertiary/aromatic N) is 5. The highest BCUT2D eigenvalue weighted by Crippen LogP contribution is 2.14. The van der Waals surface area contributed by atoms with Crippen LogP contribution in [0.25, 0.3) is 0 Å². The van der Waals surface area contributed by atoms with Crippen LogP contribution in [-0.4, -0.2) is 51.8 Å². The number of hydrogen-bond donors (Lipinski definition) is 0. The van der Waals surface area contributed by atoms with Crippen LogP contribution in [0.2, 0.25) is 0 Å². The standard InChI is InChI=1S/C15H19N5O/c1-12-11-13(17-18(12)2)15(21)20-9-7-19(8-10-20)14-5-3-4-6-16-14/h3-6,11H,7-10H2,1-2H3. The van der Waals surface area contributed by atoms with E-state index in [1.54, 1.807) is 10.9 Å². The zero-order valence-corrected chi connectivity index (χ0v) is 12.4. The Bertz CT molecular complexity index is 609. The molecule has 6 nitrogen and oxygen atoms in total. The molecular formula is C15H19N5O. The van der Waals surface area contributed by atoms with Crippen LogP contribution in [0, 0.1) is 6.92 Å². The monoisotopic (exact) mass is 285 g/mol. The van der Waals surface area contributed by atoms with Crippen LogP contribution in [-0.2, 0) is 7.05 Å². The Labute approximate surface area is 124 Å². The maximum atomic E-state index is 12.4. The molecule has 2 aromatic heterocycles. The minimum absolute atomic E-state index is 0.0133. The van der Waals surface area contributed by atoms with E-state index in [2.05, 4.69) is 15.0 Å². The van der Waals surface area contributed by atoms with Gasteiger partial charge in [-0.3, -0.25) is 9.48 Å². The Morgan fingerprint density at radius 1 is 1.19 bits per heavy atom. The van der Waals surface area contributed by atoms with Gasteiger partial charge in [-0.05, 0) is 25.1 Å². The van der Waals surface area contributed by atoms with E-state index in [9.17, 15) is 4.79 Å². The fraction of sp³-hybridized carbons (Fsp3) is 0.400. The van der Waals surface area contributed by atoms with Crippen molar-refractivity contribution in [3.05, 3.63) is 41.9 Å². The van der Waals surface area contributed by atoms with Crippen LogP contribution in [0.1, 0.15) is 16.2 Å². The topological polar surface area (TPSA) is 54.3 Å². The maximum absolute atomic E-state index is 12.4. The number of aromatic nitrogens is 3. The van der Waals surface area contributed by atoms with Crippen LogP contribution in [0.3, 0.4) is 0 Å². The lowest BCUT2D eigenvalue weighted by molar-refractivity contribution is 0.0740. The van der Waals surface area contributed by atoms with Crippen molar-refractivity contribution in [1.82, 2.24) is 19.7 Å². The highest BCUT2D eigenvalue weighted by molar-refractivity contribution is 5.92. The predicted molar refractivity (Wildman–Crippen MR) is 80.3 cm³/mol. The molecule has 0 spiro atoms. The summed E-state index contributed by atoms with van der Waals surface area (Å²) in [5.41, 5.74) is 1.52. The number of piperazine rings is 1. The number of anilines is 1. The summed E-state index contributed by atoms with van der Waals surface area (Å²) in [5, 5.41) is 4.26. The zero-order valence-electron chi connectivity index (χ0n) is 12.4. The fourth-order valence-electron chi connectivity index (χ4n) is 2.51. The van der Waals surface area contributed by atoms with Crippen LogP contribution in [0.4, 0.5) is 5.82 Å². The van der Waals surface area contributed by atoms with E-state index in [1.807, 2.05) is 43.1 Å². The van der Waals surface area contributed by atoms with Crippen LogP contribution < -0.4 is 4.90 Å². The third kappa shape index (κ3) is 2.74. The first-order valence-electron chi connectivity index (χ1n) is 7.11. The fourth-order valence-corrected chi connectivity index (χ4v) is 2.51. The van der Waals surface area contributed by atoms with Crippen molar-refractivity contribution < 1.29 is 4.79 Å². The van der Waals surface area contributed by atoms with Crippen LogP contribution in [0.5, 0.6) is 0 Å². The lowest BCUT2D eigenvalue weighted by Crippen LogP contribution is -2.49. The maximum Gasteiger partial charge on any atom is 0.274 e. The van der Waals surface area contributed by atoms with Gasteiger partial charge >= 0.3 is 0 Å².